The van der Waals surface area contributed by atoms with Crippen molar-refractivity contribution in [1.82, 2.24) is 0 Å². The van der Waals surface area contributed by atoms with Crippen LogP contribution in [0.5, 0.6) is 0 Å². The molecule has 2 nitrogen and oxygen atoms in total. The van der Waals surface area contributed by atoms with Gasteiger partial charge in [-0.25, -0.2) is 0 Å². The van der Waals surface area contributed by atoms with Crippen LogP contribution in [0.3, 0.4) is 0 Å². The molecule has 3 aromatic carbocycles. The lowest BCUT2D eigenvalue weighted by atomic mass is 9.96. The van der Waals surface area contributed by atoms with Gasteiger partial charge in [0, 0.05) is 6.21 Å². The second kappa shape index (κ2) is 7.52. The van der Waals surface area contributed by atoms with Gasteiger partial charge in [0.15, 0.2) is 0 Å². The Morgan fingerprint density at radius 2 is 1.13 bits per heavy atom. The lowest BCUT2D eigenvalue weighted by molar-refractivity contribution is 0.148. The van der Waals surface area contributed by atoms with Crippen LogP contribution < -0.4 is 0 Å². The minimum atomic E-state index is -0.682. The molecule has 0 bridgehead atoms. The molecule has 0 aromatic heterocycles. The molecule has 0 radical (unpaired) electrons. The van der Waals surface area contributed by atoms with Crippen molar-refractivity contribution < 1.29 is 5.11 Å². The van der Waals surface area contributed by atoms with Gasteiger partial charge in [-0.1, -0.05) is 91.0 Å². The second-order valence-corrected chi connectivity index (χ2v) is 5.40. The van der Waals surface area contributed by atoms with E-state index in [1.807, 2.05) is 97.2 Å². The highest BCUT2D eigenvalue weighted by molar-refractivity contribution is 5.79. The Balaban J connectivity index is 1.93. The SMILES string of the molecule is O[C@@H](c1ccccc1)[C@H](N=Cc1ccccc1)c1ccccc1. The lowest BCUT2D eigenvalue weighted by Crippen LogP contribution is -2.09. The van der Waals surface area contributed by atoms with Crippen molar-refractivity contribution >= 4 is 6.21 Å². The Morgan fingerprint density at radius 1 is 0.652 bits per heavy atom. The molecule has 3 aromatic rings. The molecular formula is C21H19NO. The molecule has 0 aliphatic carbocycles. The zero-order valence-corrected chi connectivity index (χ0v) is 12.8. The van der Waals surface area contributed by atoms with Crippen LogP contribution in [0, 0.1) is 0 Å². The van der Waals surface area contributed by atoms with E-state index in [2.05, 4.69) is 4.99 Å². The molecule has 0 fully saturated rings. The van der Waals surface area contributed by atoms with E-state index in [0.29, 0.717) is 0 Å². The van der Waals surface area contributed by atoms with Crippen LogP contribution in [0.2, 0.25) is 0 Å². The first-order chi connectivity index (χ1) is 11.3. The van der Waals surface area contributed by atoms with E-state index in [-0.39, 0.29) is 6.04 Å². The maximum absolute atomic E-state index is 10.8. The third kappa shape index (κ3) is 3.93. The highest BCUT2D eigenvalue weighted by Gasteiger charge is 2.21. The topological polar surface area (TPSA) is 32.6 Å². The van der Waals surface area contributed by atoms with Crippen LogP contribution in [0.15, 0.2) is 96.0 Å². The molecule has 23 heavy (non-hydrogen) atoms. The van der Waals surface area contributed by atoms with Crippen molar-refractivity contribution in [1.29, 1.82) is 0 Å². The average Bonchev–Trinajstić information content (AvgIpc) is 2.64. The van der Waals surface area contributed by atoms with Crippen LogP contribution in [-0.4, -0.2) is 11.3 Å². The summed E-state index contributed by atoms with van der Waals surface area (Å²) in [7, 11) is 0. The fourth-order valence-electron chi connectivity index (χ4n) is 2.54. The van der Waals surface area contributed by atoms with E-state index in [1.54, 1.807) is 0 Å². The van der Waals surface area contributed by atoms with Gasteiger partial charge in [0.1, 0.15) is 12.1 Å². The summed E-state index contributed by atoms with van der Waals surface area (Å²) in [4.78, 5) is 4.67. The molecule has 0 spiro atoms. The summed E-state index contributed by atoms with van der Waals surface area (Å²) in [5.74, 6) is 0. The minimum Gasteiger partial charge on any atom is -0.386 e. The molecule has 0 amide bonds. The van der Waals surface area contributed by atoms with Crippen molar-refractivity contribution in [3.63, 3.8) is 0 Å². The largest absolute Gasteiger partial charge is 0.386 e. The monoisotopic (exact) mass is 301 g/mol. The maximum Gasteiger partial charge on any atom is 0.105 e. The van der Waals surface area contributed by atoms with Gasteiger partial charge in [0.2, 0.25) is 0 Å². The van der Waals surface area contributed by atoms with Crippen molar-refractivity contribution in [2.45, 2.75) is 12.1 Å². The lowest BCUT2D eigenvalue weighted by Gasteiger charge is -2.20. The molecule has 0 saturated carbocycles. The van der Waals surface area contributed by atoms with E-state index in [9.17, 15) is 5.11 Å². The zero-order valence-electron chi connectivity index (χ0n) is 12.8. The van der Waals surface area contributed by atoms with E-state index in [4.69, 9.17) is 0 Å². The number of rotatable bonds is 5. The number of aliphatic hydroxyl groups excluding tert-OH is 1. The number of hydrogen-bond donors (Lipinski definition) is 1. The Bertz CT molecular complexity index is 739. The summed E-state index contributed by atoms with van der Waals surface area (Å²) in [6.07, 6.45) is 1.14. The molecule has 2 heteroatoms. The van der Waals surface area contributed by atoms with E-state index >= 15 is 0 Å². The first-order valence-corrected chi connectivity index (χ1v) is 7.71. The predicted molar refractivity (Wildman–Crippen MR) is 94.6 cm³/mol. The van der Waals surface area contributed by atoms with Gasteiger partial charge < -0.3 is 5.11 Å². The minimum absolute atomic E-state index is 0.334. The van der Waals surface area contributed by atoms with Crippen molar-refractivity contribution in [3.05, 3.63) is 108 Å². The van der Waals surface area contributed by atoms with Crippen LogP contribution in [0.1, 0.15) is 28.8 Å². The van der Waals surface area contributed by atoms with Crippen LogP contribution in [0.25, 0.3) is 0 Å². The number of hydrogen-bond acceptors (Lipinski definition) is 2. The molecule has 0 saturated heterocycles. The van der Waals surface area contributed by atoms with Crippen LogP contribution >= 0.6 is 0 Å². The highest BCUT2D eigenvalue weighted by atomic mass is 16.3. The Morgan fingerprint density at radius 3 is 1.70 bits per heavy atom. The molecule has 1 N–H and O–H groups in total. The molecule has 3 rings (SSSR count). The van der Waals surface area contributed by atoms with Crippen molar-refractivity contribution in [3.8, 4) is 0 Å². The summed E-state index contributed by atoms with van der Waals surface area (Å²) >= 11 is 0. The van der Waals surface area contributed by atoms with Gasteiger partial charge in [-0.05, 0) is 16.7 Å². The van der Waals surface area contributed by atoms with Gasteiger partial charge in [-0.3, -0.25) is 4.99 Å². The Labute approximate surface area is 136 Å². The highest BCUT2D eigenvalue weighted by Crippen LogP contribution is 2.31. The number of nitrogens with zero attached hydrogens (tertiary/aromatic N) is 1. The van der Waals surface area contributed by atoms with E-state index < -0.39 is 6.10 Å². The second-order valence-electron chi connectivity index (χ2n) is 5.40. The van der Waals surface area contributed by atoms with Crippen molar-refractivity contribution in [2.24, 2.45) is 4.99 Å². The quantitative estimate of drug-likeness (QED) is 0.687. The summed E-state index contributed by atoms with van der Waals surface area (Å²) in [6, 6.07) is 29.2. The smallest absolute Gasteiger partial charge is 0.105 e. The van der Waals surface area contributed by atoms with Crippen LogP contribution in [-0.2, 0) is 0 Å². The standard InChI is InChI=1S/C21H19NO/c23-21(19-14-8-3-9-15-19)20(18-12-6-2-7-13-18)22-16-17-10-4-1-5-11-17/h1-16,20-21,23H/t20-,21+/m1/s1. The normalized spacial score (nSPS) is 13.8. The summed E-state index contributed by atoms with van der Waals surface area (Å²) in [5, 5.41) is 10.8. The first kappa shape index (κ1) is 15.2. The maximum atomic E-state index is 10.8. The van der Waals surface area contributed by atoms with E-state index in [1.165, 1.54) is 0 Å². The fourth-order valence-corrected chi connectivity index (χ4v) is 2.54. The summed E-state index contributed by atoms with van der Waals surface area (Å²) in [5.41, 5.74) is 2.89. The number of benzene rings is 3. The van der Waals surface area contributed by atoms with E-state index in [0.717, 1.165) is 16.7 Å². The predicted octanol–water partition coefficient (Wildman–Crippen LogP) is 4.58. The van der Waals surface area contributed by atoms with Crippen LogP contribution in [0.4, 0.5) is 0 Å². The Kier molecular flexibility index (Phi) is 4.97. The number of aliphatic hydroxyl groups is 1. The first-order valence-electron chi connectivity index (χ1n) is 7.71. The van der Waals surface area contributed by atoms with Gasteiger partial charge in [0.05, 0.1) is 0 Å². The third-order valence-corrected chi connectivity index (χ3v) is 3.77. The fraction of sp³-hybridized carbons (Fsp3) is 0.0952. The van der Waals surface area contributed by atoms with Gasteiger partial charge in [-0.2, -0.15) is 0 Å². The molecule has 0 unspecified atom stereocenters. The molecular weight excluding hydrogens is 282 g/mol. The summed E-state index contributed by atoms with van der Waals surface area (Å²) in [6.45, 7) is 0. The summed E-state index contributed by atoms with van der Waals surface area (Å²) < 4.78 is 0. The molecule has 0 heterocycles. The molecule has 0 aliphatic rings. The number of aliphatic imine (C=N–C) groups is 1. The zero-order chi connectivity index (χ0) is 15.9. The van der Waals surface area contributed by atoms with Gasteiger partial charge in [0.25, 0.3) is 0 Å². The molecule has 2 atom stereocenters. The van der Waals surface area contributed by atoms with Crippen molar-refractivity contribution in [2.75, 3.05) is 0 Å². The third-order valence-electron chi connectivity index (χ3n) is 3.77. The van der Waals surface area contributed by atoms with Gasteiger partial charge in [-0.15, -0.1) is 0 Å². The Hall–Kier alpha value is -2.71. The molecule has 0 aliphatic heterocycles. The van der Waals surface area contributed by atoms with Gasteiger partial charge >= 0.3 is 0 Å². The average molecular weight is 301 g/mol. The molecule has 114 valence electrons.